The van der Waals surface area contributed by atoms with Crippen LogP contribution in [0.5, 0.6) is 0 Å². The molecule has 0 saturated heterocycles. The molecule has 0 aromatic heterocycles. The predicted molar refractivity (Wildman–Crippen MR) is 124 cm³/mol. The summed E-state index contributed by atoms with van der Waals surface area (Å²) in [7, 11) is 0. The SMILES string of the molecule is Cc1ccc(C(=O)NC(=S)Nc2ccc(N3C(=O)c4ccccc4C3=O)cc2Cl)cc1. The molecule has 0 atom stereocenters. The second kappa shape index (κ2) is 8.29. The number of benzene rings is 3. The minimum atomic E-state index is -0.404. The fourth-order valence-electron chi connectivity index (χ4n) is 3.20. The maximum Gasteiger partial charge on any atom is 0.266 e. The van der Waals surface area contributed by atoms with Crippen molar-refractivity contribution in [2.75, 3.05) is 10.2 Å². The number of hydrogen-bond donors (Lipinski definition) is 2. The number of amides is 3. The van der Waals surface area contributed by atoms with Gasteiger partial charge in [-0.05, 0) is 61.6 Å². The van der Waals surface area contributed by atoms with Crippen LogP contribution in [0.15, 0.2) is 66.7 Å². The quantitative estimate of drug-likeness (QED) is 0.452. The van der Waals surface area contributed by atoms with Crippen LogP contribution in [0.3, 0.4) is 0 Å². The number of nitrogens with one attached hydrogen (secondary N) is 2. The fourth-order valence-corrected chi connectivity index (χ4v) is 3.63. The van der Waals surface area contributed by atoms with Gasteiger partial charge >= 0.3 is 0 Å². The molecule has 4 rings (SSSR count). The molecule has 0 fully saturated rings. The summed E-state index contributed by atoms with van der Waals surface area (Å²) in [5.41, 5.74) is 2.99. The minimum Gasteiger partial charge on any atom is -0.331 e. The van der Waals surface area contributed by atoms with E-state index in [-0.39, 0.29) is 16.0 Å². The zero-order valence-corrected chi connectivity index (χ0v) is 17.9. The van der Waals surface area contributed by atoms with Crippen LogP contribution in [-0.2, 0) is 0 Å². The predicted octanol–water partition coefficient (Wildman–Crippen LogP) is 4.58. The lowest BCUT2D eigenvalue weighted by Crippen LogP contribution is -2.34. The maximum absolute atomic E-state index is 12.6. The van der Waals surface area contributed by atoms with Crippen molar-refractivity contribution < 1.29 is 14.4 Å². The number of rotatable bonds is 3. The standard InChI is InChI=1S/C23H16ClN3O3S/c1-13-6-8-14(9-7-13)20(28)26-23(31)25-19-11-10-15(12-18(19)24)27-21(29)16-4-2-3-5-17(16)22(27)30/h2-12H,1H3,(H2,25,26,28,31). The number of aryl methyl sites for hydroxylation is 1. The third-order valence-corrected chi connectivity index (χ3v) is 5.31. The molecular formula is C23H16ClN3O3S. The molecule has 6 nitrogen and oxygen atoms in total. The summed E-state index contributed by atoms with van der Waals surface area (Å²) >= 11 is 11.5. The van der Waals surface area contributed by atoms with Crippen LogP contribution in [0.2, 0.25) is 5.02 Å². The van der Waals surface area contributed by atoms with Gasteiger partial charge in [-0.1, -0.05) is 41.4 Å². The van der Waals surface area contributed by atoms with Crippen LogP contribution < -0.4 is 15.5 Å². The summed E-state index contributed by atoms with van der Waals surface area (Å²) in [5, 5.41) is 5.76. The lowest BCUT2D eigenvalue weighted by atomic mass is 10.1. The van der Waals surface area contributed by atoms with E-state index in [1.807, 2.05) is 19.1 Å². The minimum absolute atomic E-state index is 0.0703. The second-order valence-electron chi connectivity index (χ2n) is 6.93. The van der Waals surface area contributed by atoms with Crippen LogP contribution in [0.25, 0.3) is 0 Å². The van der Waals surface area contributed by atoms with Crippen LogP contribution >= 0.6 is 23.8 Å². The average Bonchev–Trinajstić information content (AvgIpc) is 3.00. The molecule has 2 N–H and O–H groups in total. The summed E-state index contributed by atoms with van der Waals surface area (Å²) in [6, 6.07) is 18.4. The molecule has 154 valence electrons. The third-order valence-electron chi connectivity index (χ3n) is 4.79. The van der Waals surface area contributed by atoms with E-state index in [1.165, 1.54) is 6.07 Å². The van der Waals surface area contributed by atoms with E-state index in [9.17, 15) is 14.4 Å². The number of halogens is 1. The summed E-state index contributed by atoms with van der Waals surface area (Å²) in [4.78, 5) is 38.7. The monoisotopic (exact) mass is 449 g/mol. The first-order valence-corrected chi connectivity index (χ1v) is 10.1. The molecule has 8 heteroatoms. The largest absolute Gasteiger partial charge is 0.331 e. The van der Waals surface area contributed by atoms with E-state index < -0.39 is 11.8 Å². The maximum atomic E-state index is 12.6. The molecule has 0 saturated carbocycles. The number of carbonyl (C=O) groups is 3. The molecule has 1 aliphatic heterocycles. The number of thiocarbonyl (C=S) groups is 1. The van der Waals surface area contributed by atoms with Crippen LogP contribution in [0.1, 0.15) is 36.6 Å². The van der Waals surface area contributed by atoms with Crippen molar-refractivity contribution in [1.29, 1.82) is 0 Å². The Kier molecular flexibility index (Phi) is 5.54. The molecule has 1 heterocycles. The Morgan fingerprint density at radius 3 is 2.13 bits per heavy atom. The van der Waals surface area contributed by atoms with Crippen molar-refractivity contribution in [2.24, 2.45) is 0 Å². The van der Waals surface area contributed by atoms with Gasteiger partial charge < -0.3 is 5.32 Å². The Morgan fingerprint density at radius 2 is 1.55 bits per heavy atom. The molecule has 1 aliphatic rings. The molecule has 3 aromatic carbocycles. The Balaban J connectivity index is 1.48. The van der Waals surface area contributed by atoms with Gasteiger partial charge in [-0.15, -0.1) is 0 Å². The van der Waals surface area contributed by atoms with E-state index in [4.69, 9.17) is 23.8 Å². The van der Waals surface area contributed by atoms with Gasteiger partial charge in [-0.2, -0.15) is 0 Å². The lowest BCUT2D eigenvalue weighted by Gasteiger charge is -2.16. The summed E-state index contributed by atoms with van der Waals surface area (Å²) in [6.45, 7) is 1.93. The first kappa shape index (κ1) is 20.7. The van der Waals surface area contributed by atoms with Gasteiger partial charge in [0.2, 0.25) is 0 Å². The van der Waals surface area contributed by atoms with Gasteiger partial charge in [0, 0.05) is 5.56 Å². The summed E-state index contributed by atoms with van der Waals surface area (Å²) in [6.07, 6.45) is 0. The molecular weight excluding hydrogens is 434 g/mol. The molecule has 0 aliphatic carbocycles. The van der Waals surface area contributed by atoms with Gasteiger partial charge in [0.1, 0.15) is 0 Å². The second-order valence-corrected chi connectivity index (χ2v) is 7.75. The van der Waals surface area contributed by atoms with Crippen molar-refractivity contribution in [3.63, 3.8) is 0 Å². The van der Waals surface area contributed by atoms with Crippen LogP contribution in [-0.4, -0.2) is 22.8 Å². The zero-order valence-electron chi connectivity index (χ0n) is 16.3. The van der Waals surface area contributed by atoms with E-state index in [0.29, 0.717) is 28.1 Å². The lowest BCUT2D eigenvalue weighted by molar-refractivity contribution is 0.0923. The summed E-state index contributed by atoms with van der Waals surface area (Å²) in [5.74, 6) is -1.16. The highest BCUT2D eigenvalue weighted by Crippen LogP contribution is 2.32. The van der Waals surface area contributed by atoms with Crippen molar-refractivity contribution in [3.8, 4) is 0 Å². The average molecular weight is 450 g/mol. The number of carbonyl (C=O) groups excluding carboxylic acids is 3. The topological polar surface area (TPSA) is 78.5 Å². The Hall–Kier alpha value is -3.55. The van der Waals surface area contributed by atoms with Gasteiger partial charge in [0.25, 0.3) is 17.7 Å². The van der Waals surface area contributed by atoms with Crippen LogP contribution in [0, 0.1) is 6.92 Å². The number of imide groups is 1. The van der Waals surface area contributed by atoms with E-state index in [2.05, 4.69) is 10.6 Å². The highest BCUT2D eigenvalue weighted by molar-refractivity contribution is 7.80. The smallest absolute Gasteiger partial charge is 0.266 e. The van der Waals surface area contributed by atoms with Gasteiger partial charge in [0.15, 0.2) is 5.11 Å². The fraction of sp³-hybridized carbons (Fsp3) is 0.0435. The van der Waals surface area contributed by atoms with Gasteiger partial charge in [-0.3, -0.25) is 19.7 Å². The van der Waals surface area contributed by atoms with E-state index in [0.717, 1.165) is 10.5 Å². The molecule has 3 amide bonds. The normalized spacial score (nSPS) is 12.5. The Morgan fingerprint density at radius 1 is 0.935 bits per heavy atom. The van der Waals surface area contributed by atoms with E-state index in [1.54, 1.807) is 48.5 Å². The van der Waals surface area contributed by atoms with Crippen molar-refractivity contribution in [1.82, 2.24) is 5.32 Å². The third kappa shape index (κ3) is 4.05. The van der Waals surface area contributed by atoms with E-state index >= 15 is 0 Å². The Bertz CT molecular complexity index is 1210. The molecule has 0 unspecified atom stereocenters. The van der Waals surface area contributed by atoms with Crippen molar-refractivity contribution >= 4 is 58.0 Å². The number of anilines is 2. The van der Waals surface area contributed by atoms with Crippen molar-refractivity contribution in [3.05, 3.63) is 94.0 Å². The summed E-state index contributed by atoms with van der Waals surface area (Å²) < 4.78 is 0. The number of nitrogens with zero attached hydrogens (tertiary/aromatic N) is 1. The molecule has 31 heavy (non-hydrogen) atoms. The first-order valence-electron chi connectivity index (χ1n) is 9.31. The highest BCUT2D eigenvalue weighted by Gasteiger charge is 2.36. The molecule has 0 bridgehead atoms. The zero-order chi connectivity index (χ0) is 22.1. The van der Waals surface area contributed by atoms with Crippen molar-refractivity contribution in [2.45, 2.75) is 6.92 Å². The van der Waals surface area contributed by atoms with Gasteiger partial charge in [-0.25, -0.2) is 4.90 Å². The Labute approximate surface area is 188 Å². The highest BCUT2D eigenvalue weighted by atomic mass is 35.5. The van der Waals surface area contributed by atoms with Gasteiger partial charge in [0.05, 0.1) is 27.5 Å². The number of fused-ring (bicyclic) bond motifs is 1. The number of hydrogen-bond acceptors (Lipinski definition) is 4. The molecule has 0 spiro atoms. The molecule has 3 aromatic rings. The first-order chi connectivity index (χ1) is 14.8. The molecule has 0 radical (unpaired) electrons. The van der Waals surface area contributed by atoms with Crippen LogP contribution in [0.4, 0.5) is 11.4 Å².